The first-order valence-corrected chi connectivity index (χ1v) is 9.50. The van der Waals surface area contributed by atoms with Gasteiger partial charge >= 0.3 is 0 Å². The maximum Gasteiger partial charge on any atom is 0.252 e. The summed E-state index contributed by atoms with van der Waals surface area (Å²) in [5.41, 5.74) is 2.50. The molecule has 1 heterocycles. The van der Waals surface area contributed by atoms with E-state index in [4.69, 9.17) is 16.3 Å². The molecule has 0 spiro atoms. The summed E-state index contributed by atoms with van der Waals surface area (Å²) in [5.74, 6) is 1.34. The Kier molecular flexibility index (Phi) is 6.87. The van der Waals surface area contributed by atoms with E-state index < -0.39 is 0 Å². The van der Waals surface area contributed by atoms with E-state index in [1.165, 1.54) is 0 Å². The van der Waals surface area contributed by atoms with Crippen LogP contribution in [-0.4, -0.2) is 24.0 Å². The van der Waals surface area contributed by atoms with Crippen molar-refractivity contribution in [2.75, 3.05) is 18.5 Å². The van der Waals surface area contributed by atoms with E-state index in [1.54, 1.807) is 18.3 Å². The third kappa shape index (κ3) is 5.72. The van der Waals surface area contributed by atoms with Gasteiger partial charge in [0.05, 0.1) is 12.2 Å². The summed E-state index contributed by atoms with van der Waals surface area (Å²) in [4.78, 5) is 16.6. The normalized spacial score (nSPS) is 10.4. The largest absolute Gasteiger partial charge is 0.494 e. The fraction of sp³-hybridized carbons (Fsp3) is 0.182. The number of pyridine rings is 1. The number of nitrogens with zero attached hydrogens (tertiary/aromatic N) is 1. The molecule has 0 aliphatic carbocycles. The van der Waals surface area contributed by atoms with Gasteiger partial charge in [-0.05, 0) is 67.4 Å². The van der Waals surface area contributed by atoms with Crippen molar-refractivity contribution in [2.45, 2.75) is 13.3 Å². The van der Waals surface area contributed by atoms with Gasteiger partial charge in [0.1, 0.15) is 11.6 Å². The Morgan fingerprint density at radius 1 is 1.11 bits per heavy atom. The molecule has 0 unspecified atom stereocenters. The molecule has 0 saturated carbocycles. The summed E-state index contributed by atoms with van der Waals surface area (Å²) in [6, 6.07) is 18.8. The molecule has 0 bridgehead atoms. The van der Waals surface area contributed by atoms with E-state index in [2.05, 4.69) is 15.6 Å². The van der Waals surface area contributed by atoms with Gasteiger partial charge in [-0.1, -0.05) is 23.7 Å². The van der Waals surface area contributed by atoms with E-state index in [0.29, 0.717) is 29.6 Å². The van der Waals surface area contributed by atoms with Crippen LogP contribution in [0.4, 0.5) is 11.5 Å². The number of aromatic nitrogens is 1. The highest BCUT2D eigenvalue weighted by Crippen LogP contribution is 2.19. The summed E-state index contributed by atoms with van der Waals surface area (Å²) < 4.78 is 5.42. The number of hydrogen-bond donors (Lipinski definition) is 2. The molecule has 6 heteroatoms. The van der Waals surface area contributed by atoms with Gasteiger partial charge in [0.25, 0.3) is 5.91 Å². The lowest BCUT2D eigenvalue weighted by Crippen LogP contribution is -2.25. The standard InChI is InChI=1S/C22H22ClN3O2/c1-2-28-20-9-7-19(8-10-20)26-21-11-6-17(15-25-21)22(27)24-13-12-16-4-3-5-18(23)14-16/h3-11,14-15H,2,12-13H2,1H3,(H,24,27)(H,25,26). The van der Waals surface area contributed by atoms with Crippen molar-refractivity contribution >= 4 is 29.0 Å². The Hall–Kier alpha value is -3.05. The lowest BCUT2D eigenvalue weighted by Gasteiger charge is -2.09. The smallest absolute Gasteiger partial charge is 0.252 e. The third-order valence-electron chi connectivity index (χ3n) is 4.05. The molecule has 0 saturated heterocycles. The molecule has 3 aromatic rings. The van der Waals surface area contributed by atoms with Crippen LogP contribution >= 0.6 is 11.6 Å². The molecule has 2 N–H and O–H groups in total. The maximum absolute atomic E-state index is 12.3. The first kappa shape index (κ1) is 19.7. The summed E-state index contributed by atoms with van der Waals surface area (Å²) >= 11 is 5.97. The third-order valence-corrected chi connectivity index (χ3v) is 4.29. The van der Waals surface area contributed by atoms with E-state index in [0.717, 1.165) is 23.4 Å². The number of benzene rings is 2. The fourth-order valence-corrected chi connectivity index (χ4v) is 2.88. The second-order valence-electron chi connectivity index (χ2n) is 6.15. The average Bonchev–Trinajstić information content (AvgIpc) is 2.70. The van der Waals surface area contributed by atoms with Crippen LogP contribution in [-0.2, 0) is 6.42 Å². The minimum atomic E-state index is -0.151. The average molecular weight is 396 g/mol. The first-order valence-electron chi connectivity index (χ1n) is 9.12. The van der Waals surface area contributed by atoms with E-state index in [9.17, 15) is 4.79 Å². The maximum atomic E-state index is 12.3. The Morgan fingerprint density at radius 3 is 2.61 bits per heavy atom. The van der Waals surface area contributed by atoms with Gasteiger partial charge in [-0.3, -0.25) is 4.79 Å². The minimum Gasteiger partial charge on any atom is -0.494 e. The van der Waals surface area contributed by atoms with Crippen LogP contribution in [0.5, 0.6) is 5.75 Å². The van der Waals surface area contributed by atoms with Gasteiger partial charge in [-0.15, -0.1) is 0 Å². The molecule has 2 aromatic carbocycles. The highest BCUT2D eigenvalue weighted by molar-refractivity contribution is 6.30. The summed E-state index contributed by atoms with van der Waals surface area (Å²) in [6.07, 6.45) is 2.28. The molecule has 0 aliphatic heterocycles. The number of amides is 1. The van der Waals surface area contributed by atoms with Gasteiger partial charge in [-0.2, -0.15) is 0 Å². The van der Waals surface area contributed by atoms with Crippen LogP contribution in [0, 0.1) is 0 Å². The van der Waals surface area contributed by atoms with E-state index in [-0.39, 0.29) is 5.91 Å². The highest BCUT2D eigenvalue weighted by atomic mass is 35.5. The predicted molar refractivity (Wildman–Crippen MR) is 113 cm³/mol. The van der Waals surface area contributed by atoms with Gasteiger partial charge in [0.15, 0.2) is 0 Å². The fourth-order valence-electron chi connectivity index (χ4n) is 2.67. The quantitative estimate of drug-likeness (QED) is 0.572. The zero-order chi connectivity index (χ0) is 19.8. The van der Waals surface area contributed by atoms with E-state index >= 15 is 0 Å². The van der Waals surface area contributed by atoms with Crippen molar-refractivity contribution in [2.24, 2.45) is 0 Å². The minimum absolute atomic E-state index is 0.151. The molecule has 144 valence electrons. The van der Waals surface area contributed by atoms with Crippen LogP contribution in [0.25, 0.3) is 0 Å². The molecule has 1 aromatic heterocycles. The van der Waals surface area contributed by atoms with Crippen LogP contribution in [0.15, 0.2) is 66.9 Å². The van der Waals surface area contributed by atoms with Crippen LogP contribution in [0.3, 0.4) is 0 Å². The number of nitrogens with one attached hydrogen (secondary N) is 2. The lowest BCUT2D eigenvalue weighted by molar-refractivity contribution is 0.0954. The van der Waals surface area contributed by atoms with Crippen LogP contribution in [0.2, 0.25) is 5.02 Å². The zero-order valence-corrected chi connectivity index (χ0v) is 16.4. The molecule has 0 fully saturated rings. The van der Waals surface area contributed by atoms with Gasteiger partial charge in [-0.25, -0.2) is 4.98 Å². The topological polar surface area (TPSA) is 63.2 Å². The summed E-state index contributed by atoms with van der Waals surface area (Å²) in [7, 11) is 0. The van der Waals surface area contributed by atoms with Gasteiger partial charge in [0, 0.05) is 23.5 Å². The second-order valence-corrected chi connectivity index (χ2v) is 6.59. The van der Waals surface area contributed by atoms with Crippen LogP contribution in [0.1, 0.15) is 22.8 Å². The van der Waals surface area contributed by atoms with Crippen molar-refractivity contribution in [3.8, 4) is 5.75 Å². The summed E-state index contributed by atoms with van der Waals surface area (Å²) in [6.45, 7) is 3.12. The number of carbonyl (C=O) groups is 1. The number of halogens is 1. The highest BCUT2D eigenvalue weighted by Gasteiger charge is 2.06. The van der Waals surface area contributed by atoms with Crippen molar-refractivity contribution in [1.82, 2.24) is 10.3 Å². The van der Waals surface area contributed by atoms with E-state index in [1.807, 2.05) is 55.5 Å². The van der Waals surface area contributed by atoms with Crippen LogP contribution < -0.4 is 15.4 Å². The molecule has 5 nitrogen and oxygen atoms in total. The summed E-state index contributed by atoms with van der Waals surface area (Å²) in [5, 5.41) is 6.79. The first-order chi connectivity index (χ1) is 13.6. The molecular formula is C22H22ClN3O2. The van der Waals surface area contributed by atoms with Crippen molar-refractivity contribution < 1.29 is 9.53 Å². The van der Waals surface area contributed by atoms with Gasteiger partial charge < -0.3 is 15.4 Å². The second kappa shape index (κ2) is 9.76. The SMILES string of the molecule is CCOc1ccc(Nc2ccc(C(=O)NCCc3cccc(Cl)c3)cn2)cc1. The molecule has 1 amide bonds. The van der Waals surface area contributed by atoms with Crippen molar-refractivity contribution in [1.29, 1.82) is 0 Å². The monoisotopic (exact) mass is 395 g/mol. The molecule has 0 atom stereocenters. The number of rotatable bonds is 8. The lowest BCUT2D eigenvalue weighted by atomic mass is 10.1. The molecule has 0 radical (unpaired) electrons. The Labute approximate surface area is 169 Å². The Balaban J connectivity index is 1.50. The Morgan fingerprint density at radius 2 is 1.93 bits per heavy atom. The predicted octanol–water partition coefficient (Wildman–Crippen LogP) is 4.85. The van der Waals surface area contributed by atoms with Gasteiger partial charge in [0.2, 0.25) is 0 Å². The molecule has 0 aliphatic rings. The number of ether oxygens (including phenoxy) is 1. The molecule has 3 rings (SSSR count). The Bertz CT molecular complexity index is 912. The van der Waals surface area contributed by atoms with Crippen molar-refractivity contribution in [3.63, 3.8) is 0 Å². The number of hydrogen-bond acceptors (Lipinski definition) is 4. The molecular weight excluding hydrogens is 374 g/mol. The van der Waals surface area contributed by atoms with Crippen molar-refractivity contribution in [3.05, 3.63) is 83.0 Å². The number of carbonyl (C=O) groups excluding carboxylic acids is 1. The number of anilines is 2. The zero-order valence-electron chi connectivity index (χ0n) is 15.6. The molecule has 28 heavy (non-hydrogen) atoms.